The third-order valence-corrected chi connectivity index (χ3v) is 4.49. The van der Waals surface area contributed by atoms with Crippen LogP contribution in [0.5, 0.6) is 0 Å². The molecular formula is C14H18N4S. The van der Waals surface area contributed by atoms with Gasteiger partial charge in [-0.15, -0.1) is 22.0 Å². The van der Waals surface area contributed by atoms with E-state index in [-0.39, 0.29) is 0 Å². The van der Waals surface area contributed by atoms with Gasteiger partial charge in [0.05, 0.1) is 11.8 Å². The van der Waals surface area contributed by atoms with E-state index in [9.17, 15) is 0 Å². The molecule has 0 radical (unpaired) electrons. The molecule has 1 N–H and O–H groups in total. The summed E-state index contributed by atoms with van der Waals surface area (Å²) >= 11 is 1.95. The van der Waals surface area contributed by atoms with Gasteiger partial charge in [0.2, 0.25) is 0 Å². The summed E-state index contributed by atoms with van der Waals surface area (Å²) in [5.41, 5.74) is 1.30. The summed E-state index contributed by atoms with van der Waals surface area (Å²) in [5, 5.41) is 12.5. The van der Waals surface area contributed by atoms with Gasteiger partial charge in [-0.05, 0) is 12.5 Å². The summed E-state index contributed by atoms with van der Waals surface area (Å²) in [5.74, 6) is 3.32. The second-order valence-electron chi connectivity index (χ2n) is 4.73. The monoisotopic (exact) mass is 274 g/mol. The van der Waals surface area contributed by atoms with Crippen LogP contribution in [0.25, 0.3) is 0 Å². The molecule has 0 amide bonds. The molecular weight excluding hydrogens is 256 g/mol. The fourth-order valence-corrected chi connectivity index (χ4v) is 3.30. The van der Waals surface area contributed by atoms with Gasteiger partial charge < -0.3 is 9.88 Å². The lowest BCUT2D eigenvalue weighted by Gasteiger charge is -2.20. The molecule has 0 fully saturated rings. The molecule has 2 aromatic rings. The zero-order valence-electron chi connectivity index (χ0n) is 11.0. The van der Waals surface area contributed by atoms with Crippen LogP contribution in [0.3, 0.4) is 0 Å². The molecule has 4 nitrogen and oxygen atoms in total. The molecule has 19 heavy (non-hydrogen) atoms. The highest BCUT2D eigenvalue weighted by molar-refractivity contribution is 7.99. The molecule has 1 aromatic heterocycles. The predicted molar refractivity (Wildman–Crippen MR) is 77.9 cm³/mol. The van der Waals surface area contributed by atoms with E-state index in [2.05, 4.69) is 51.3 Å². The molecule has 1 aliphatic heterocycles. The molecule has 0 bridgehead atoms. The maximum atomic E-state index is 4.32. The molecule has 5 heteroatoms. The fraction of sp³-hybridized carbons (Fsp3) is 0.429. The van der Waals surface area contributed by atoms with Crippen LogP contribution < -0.4 is 5.32 Å². The molecule has 0 saturated carbocycles. The van der Waals surface area contributed by atoms with E-state index in [0.717, 1.165) is 37.0 Å². The van der Waals surface area contributed by atoms with E-state index < -0.39 is 0 Å². The van der Waals surface area contributed by atoms with Crippen molar-refractivity contribution in [2.24, 2.45) is 0 Å². The summed E-state index contributed by atoms with van der Waals surface area (Å²) in [6.45, 7) is 4.87. The van der Waals surface area contributed by atoms with Crippen molar-refractivity contribution in [2.45, 2.75) is 31.8 Å². The summed E-state index contributed by atoms with van der Waals surface area (Å²) in [6.07, 6.45) is 0. The Morgan fingerprint density at radius 3 is 2.95 bits per heavy atom. The van der Waals surface area contributed by atoms with E-state index in [1.165, 1.54) is 5.56 Å². The highest BCUT2D eigenvalue weighted by Crippen LogP contribution is 2.31. The first-order valence-electron chi connectivity index (χ1n) is 6.63. The van der Waals surface area contributed by atoms with Gasteiger partial charge in [-0.25, -0.2) is 0 Å². The number of benzene rings is 1. The number of hydrogen-bond acceptors (Lipinski definition) is 4. The van der Waals surface area contributed by atoms with Gasteiger partial charge in [-0.3, -0.25) is 0 Å². The number of thioether (sulfide) groups is 1. The van der Waals surface area contributed by atoms with Crippen LogP contribution in [0.15, 0.2) is 30.3 Å². The van der Waals surface area contributed by atoms with Crippen molar-refractivity contribution >= 4 is 11.8 Å². The lowest BCUT2D eigenvalue weighted by Crippen LogP contribution is -2.20. The number of nitrogens with zero attached hydrogens (tertiary/aromatic N) is 3. The minimum absolute atomic E-state index is 0.462. The van der Waals surface area contributed by atoms with E-state index >= 15 is 0 Å². The second kappa shape index (κ2) is 5.75. The maximum absolute atomic E-state index is 4.32. The molecule has 100 valence electrons. The maximum Gasteiger partial charge on any atom is 0.147 e. The first kappa shape index (κ1) is 12.7. The topological polar surface area (TPSA) is 42.7 Å². The Balaban J connectivity index is 1.62. The van der Waals surface area contributed by atoms with Gasteiger partial charge in [0.15, 0.2) is 0 Å². The molecule has 1 aromatic carbocycles. The van der Waals surface area contributed by atoms with Crippen molar-refractivity contribution in [2.75, 3.05) is 5.75 Å². The standard InChI is InChI=1S/C14H18N4S/c1-11-14-17-16-13(18(14)7-8-19-11)10-15-9-12-5-3-2-4-6-12/h2-6,11,15H,7-10H2,1H3. The van der Waals surface area contributed by atoms with Crippen LogP contribution in [0.2, 0.25) is 0 Å². The number of aromatic nitrogens is 3. The van der Waals surface area contributed by atoms with E-state index in [1.54, 1.807) is 0 Å². The Bertz CT molecular complexity index is 538. The second-order valence-corrected chi connectivity index (χ2v) is 6.18. The van der Waals surface area contributed by atoms with Crippen molar-refractivity contribution in [1.29, 1.82) is 0 Å². The minimum atomic E-state index is 0.462. The van der Waals surface area contributed by atoms with E-state index in [4.69, 9.17) is 0 Å². The third-order valence-electron chi connectivity index (χ3n) is 3.36. The van der Waals surface area contributed by atoms with Crippen LogP contribution in [0.4, 0.5) is 0 Å². The number of nitrogens with one attached hydrogen (secondary N) is 1. The summed E-state index contributed by atoms with van der Waals surface area (Å²) in [7, 11) is 0. The Labute approximate surface area is 117 Å². The molecule has 2 heterocycles. The van der Waals surface area contributed by atoms with Crippen LogP contribution in [-0.4, -0.2) is 20.5 Å². The highest BCUT2D eigenvalue weighted by atomic mass is 32.2. The average Bonchev–Trinajstić information content (AvgIpc) is 2.85. The van der Waals surface area contributed by atoms with Crippen molar-refractivity contribution in [3.63, 3.8) is 0 Å². The van der Waals surface area contributed by atoms with Crippen molar-refractivity contribution in [3.8, 4) is 0 Å². The zero-order chi connectivity index (χ0) is 13.1. The van der Waals surface area contributed by atoms with Gasteiger partial charge in [0.1, 0.15) is 11.6 Å². The molecule has 3 rings (SSSR count). The highest BCUT2D eigenvalue weighted by Gasteiger charge is 2.21. The largest absolute Gasteiger partial charge is 0.312 e. The predicted octanol–water partition coefficient (Wildman–Crippen LogP) is 2.38. The lowest BCUT2D eigenvalue weighted by molar-refractivity contribution is 0.596. The number of hydrogen-bond donors (Lipinski definition) is 1. The number of fused-ring (bicyclic) bond motifs is 1. The van der Waals surface area contributed by atoms with Crippen molar-refractivity contribution in [1.82, 2.24) is 20.1 Å². The smallest absolute Gasteiger partial charge is 0.147 e. The van der Waals surface area contributed by atoms with Gasteiger partial charge in [0.25, 0.3) is 0 Å². The van der Waals surface area contributed by atoms with Gasteiger partial charge in [-0.1, -0.05) is 30.3 Å². The van der Waals surface area contributed by atoms with E-state index in [1.807, 2.05) is 17.8 Å². The first-order chi connectivity index (χ1) is 9.34. The van der Waals surface area contributed by atoms with Gasteiger partial charge >= 0.3 is 0 Å². The van der Waals surface area contributed by atoms with Crippen LogP contribution in [-0.2, 0) is 19.6 Å². The fourth-order valence-electron chi connectivity index (χ4n) is 2.33. The van der Waals surface area contributed by atoms with Crippen LogP contribution in [0.1, 0.15) is 29.4 Å². The molecule has 1 atom stereocenters. The first-order valence-corrected chi connectivity index (χ1v) is 7.67. The minimum Gasteiger partial charge on any atom is -0.312 e. The molecule has 1 aliphatic rings. The van der Waals surface area contributed by atoms with Crippen LogP contribution >= 0.6 is 11.8 Å². The summed E-state index contributed by atoms with van der Waals surface area (Å²) in [4.78, 5) is 0. The van der Waals surface area contributed by atoms with Gasteiger partial charge in [0, 0.05) is 18.8 Å². The quantitative estimate of drug-likeness (QED) is 0.929. The average molecular weight is 274 g/mol. The van der Waals surface area contributed by atoms with Crippen molar-refractivity contribution in [3.05, 3.63) is 47.5 Å². The Morgan fingerprint density at radius 1 is 1.26 bits per heavy atom. The van der Waals surface area contributed by atoms with Crippen molar-refractivity contribution < 1.29 is 0 Å². The molecule has 0 aliphatic carbocycles. The van der Waals surface area contributed by atoms with Gasteiger partial charge in [-0.2, -0.15) is 0 Å². The Kier molecular flexibility index (Phi) is 3.84. The molecule has 1 unspecified atom stereocenters. The lowest BCUT2D eigenvalue weighted by atomic mass is 10.2. The SMILES string of the molecule is CC1SCCn2c(CNCc3ccccc3)nnc21. The summed E-state index contributed by atoms with van der Waals surface area (Å²) in [6, 6.07) is 10.4. The summed E-state index contributed by atoms with van der Waals surface area (Å²) < 4.78 is 2.26. The third kappa shape index (κ3) is 2.82. The van der Waals surface area contributed by atoms with Crippen LogP contribution in [0, 0.1) is 0 Å². The zero-order valence-corrected chi connectivity index (χ0v) is 11.9. The van der Waals surface area contributed by atoms with E-state index in [0.29, 0.717) is 5.25 Å². The Morgan fingerprint density at radius 2 is 2.11 bits per heavy atom. The molecule has 0 saturated heterocycles. The normalized spacial score (nSPS) is 18.3. The molecule has 0 spiro atoms. The number of rotatable bonds is 4. The Hall–Kier alpha value is -1.33.